The number of fused-ring (bicyclic) bond motifs is 1. The molecule has 3 heterocycles. The van der Waals surface area contributed by atoms with E-state index in [2.05, 4.69) is 13.2 Å². The molecule has 0 radical (unpaired) electrons. The molecule has 130 valence electrons. The second kappa shape index (κ2) is 8.43. The zero-order chi connectivity index (χ0) is 16.1. The smallest absolute Gasteiger partial charge is 0.102 e. The molecule has 0 aromatic carbocycles. The highest BCUT2D eigenvalue weighted by atomic mass is 16.6. The van der Waals surface area contributed by atoms with Crippen molar-refractivity contribution in [3.8, 4) is 0 Å². The minimum Gasteiger partial charge on any atom is -0.376 e. The van der Waals surface area contributed by atoms with E-state index in [-0.39, 0.29) is 36.6 Å². The summed E-state index contributed by atoms with van der Waals surface area (Å²) in [4.78, 5) is 0. The van der Waals surface area contributed by atoms with Gasteiger partial charge in [0, 0.05) is 13.2 Å². The van der Waals surface area contributed by atoms with E-state index in [1.165, 1.54) is 0 Å². The maximum Gasteiger partial charge on any atom is 0.102 e. The third kappa shape index (κ3) is 4.24. The van der Waals surface area contributed by atoms with Crippen molar-refractivity contribution in [3.63, 3.8) is 0 Å². The summed E-state index contributed by atoms with van der Waals surface area (Å²) in [5, 5.41) is 0. The molecule has 4 heteroatoms. The van der Waals surface area contributed by atoms with E-state index in [4.69, 9.17) is 18.9 Å². The van der Waals surface area contributed by atoms with Gasteiger partial charge in [0.15, 0.2) is 0 Å². The van der Waals surface area contributed by atoms with Gasteiger partial charge >= 0.3 is 0 Å². The maximum atomic E-state index is 6.46. The standard InChI is InChI=1S/C19H30O4/c1-3-7-15-17(8-5-12-20-15)23-19-11-10-16-18(9-6-13-21-16)22-14(19)4-2/h3-4,14-19H,1-2,5-13H2/t14-,15+,16-,17-,18+,19+/m1/s1. The van der Waals surface area contributed by atoms with Crippen LogP contribution in [0.5, 0.6) is 0 Å². The first-order valence-electron chi connectivity index (χ1n) is 9.09. The fourth-order valence-electron chi connectivity index (χ4n) is 3.95. The Labute approximate surface area is 139 Å². The molecule has 0 amide bonds. The van der Waals surface area contributed by atoms with Crippen molar-refractivity contribution in [1.82, 2.24) is 0 Å². The molecule has 3 aliphatic heterocycles. The van der Waals surface area contributed by atoms with Gasteiger partial charge < -0.3 is 18.9 Å². The number of ether oxygens (including phenoxy) is 4. The molecule has 23 heavy (non-hydrogen) atoms. The van der Waals surface area contributed by atoms with Gasteiger partial charge in [-0.2, -0.15) is 0 Å². The first-order chi connectivity index (χ1) is 11.3. The molecular weight excluding hydrogens is 292 g/mol. The predicted molar refractivity (Wildman–Crippen MR) is 89.5 cm³/mol. The zero-order valence-corrected chi connectivity index (χ0v) is 14.0. The summed E-state index contributed by atoms with van der Waals surface area (Å²) in [7, 11) is 0. The third-order valence-corrected chi connectivity index (χ3v) is 5.17. The lowest BCUT2D eigenvalue weighted by Gasteiger charge is -2.36. The molecule has 6 atom stereocenters. The Balaban J connectivity index is 1.64. The van der Waals surface area contributed by atoms with Gasteiger partial charge in [0.05, 0.1) is 30.5 Å². The van der Waals surface area contributed by atoms with Gasteiger partial charge in [-0.25, -0.2) is 0 Å². The lowest BCUT2D eigenvalue weighted by atomic mass is 9.99. The molecule has 0 N–H and O–H groups in total. The summed E-state index contributed by atoms with van der Waals surface area (Å²) >= 11 is 0. The highest BCUT2D eigenvalue weighted by molar-refractivity contribution is 4.95. The zero-order valence-electron chi connectivity index (χ0n) is 14.0. The summed E-state index contributed by atoms with van der Waals surface area (Å²) in [6, 6.07) is 0. The van der Waals surface area contributed by atoms with Crippen molar-refractivity contribution < 1.29 is 18.9 Å². The van der Waals surface area contributed by atoms with Crippen LogP contribution in [0.2, 0.25) is 0 Å². The summed E-state index contributed by atoms with van der Waals surface area (Å²) in [5.74, 6) is 0. The van der Waals surface area contributed by atoms with Crippen LogP contribution in [0.4, 0.5) is 0 Å². The Morgan fingerprint density at radius 1 is 0.913 bits per heavy atom. The molecule has 3 saturated heterocycles. The van der Waals surface area contributed by atoms with Crippen LogP contribution in [0.25, 0.3) is 0 Å². The van der Waals surface area contributed by atoms with E-state index < -0.39 is 0 Å². The van der Waals surface area contributed by atoms with Crippen molar-refractivity contribution in [3.05, 3.63) is 25.3 Å². The van der Waals surface area contributed by atoms with Gasteiger partial charge in [-0.1, -0.05) is 12.2 Å². The van der Waals surface area contributed by atoms with Crippen LogP contribution < -0.4 is 0 Å². The van der Waals surface area contributed by atoms with Crippen LogP contribution in [0, 0.1) is 0 Å². The minimum atomic E-state index is -0.0574. The normalized spacial score (nSPS) is 41.6. The van der Waals surface area contributed by atoms with Gasteiger partial charge in [-0.15, -0.1) is 13.2 Å². The predicted octanol–water partition coefficient (Wildman–Crippen LogP) is 3.41. The summed E-state index contributed by atoms with van der Waals surface area (Å²) in [5.41, 5.74) is 0. The molecule has 0 bridgehead atoms. The third-order valence-electron chi connectivity index (χ3n) is 5.17. The molecule has 0 spiro atoms. The largest absolute Gasteiger partial charge is 0.376 e. The summed E-state index contributed by atoms with van der Waals surface area (Å²) in [6.07, 6.45) is 11.5. The highest BCUT2D eigenvalue weighted by Gasteiger charge is 2.38. The van der Waals surface area contributed by atoms with Crippen LogP contribution in [0.3, 0.4) is 0 Å². The van der Waals surface area contributed by atoms with Crippen LogP contribution in [0.15, 0.2) is 25.3 Å². The molecule has 0 aromatic rings. The molecule has 4 nitrogen and oxygen atoms in total. The van der Waals surface area contributed by atoms with Crippen molar-refractivity contribution in [2.45, 2.75) is 81.6 Å². The molecule has 3 aliphatic rings. The lowest BCUT2D eigenvalue weighted by Crippen LogP contribution is -2.42. The molecule has 3 fully saturated rings. The molecule has 0 saturated carbocycles. The second-order valence-corrected chi connectivity index (χ2v) is 6.79. The van der Waals surface area contributed by atoms with Gasteiger partial charge in [-0.3, -0.25) is 0 Å². The van der Waals surface area contributed by atoms with E-state index >= 15 is 0 Å². The molecule has 0 aromatic heterocycles. The van der Waals surface area contributed by atoms with E-state index in [1.807, 2.05) is 12.2 Å². The summed E-state index contributed by atoms with van der Waals surface area (Å²) < 4.78 is 24.5. The van der Waals surface area contributed by atoms with Gasteiger partial charge in [0.1, 0.15) is 6.10 Å². The topological polar surface area (TPSA) is 36.9 Å². The van der Waals surface area contributed by atoms with Crippen LogP contribution >= 0.6 is 0 Å². The van der Waals surface area contributed by atoms with Crippen molar-refractivity contribution >= 4 is 0 Å². The Hall–Kier alpha value is -0.680. The fourth-order valence-corrected chi connectivity index (χ4v) is 3.95. The highest BCUT2D eigenvalue weighted by Crippen LogP contribution is 2.32. The van der Waals surface area contributed by atoms with Crippen molar-refractivity contribution in [2.24, 2.45) is 0 Å². The Bertz CT molecular complexity index is 397. The van der Waals surface area contributed by atoms with Crippen molar-refractivity contribution in [2.75, 3.05) is 13.2 Å². The minimum absolute atomic E-state index is 0.0423. The van der Waals surface area contributed by atoms with Crippen LogP contribution in [-0.4, -0.2) is 49.8 Å². The SMILES string of the molecule is C=CC[C@@H]1OCCC[C@H]1O[C@H]1CC[C@H]2OCCC[C@@H]2O[C@@H]1C=C. The van der Waals surface area contributed by atoms with Crippen molar-refractivity contribution in [1.29, 1.82) is 0 Å². The van der Waals surface area contributed by atoms with Crippen LogP contribution in [0.1, 0.15) is 44.9 Å². The van der Waals surface area contributed by atoms with Gasteiger partial charge in [0.2, 0.25) is 0 Å². The van der Waals surface area contributed by atoms with E-state index in [0.717, 1.165) is 58.2 Å². The molecular formula is C19H30O4. The fraction of sp³-hybridized carbons (Fsp3) is 0.789. The number of rotatable bonds is 5. The monoisotopic (exact) mass is 322 g/mol. The number of hydrogen-bond acceptors (Lipinski definition) is 4. The Kier molecular flexibility index (Phi) is 6.29. The summed E-state index contributed by atoms with van der Waals surface area (Å²) in [6.45, 7) is 9.48. The van der Waals surface area contributed by atoms with E-state index in [9.17, 15) is 0 Å². The second-order valence-electron chi connectivity index (χ2n) is 6.79. The van der Waals surface area contributed by atoms with Crippen LogP contribution in [-0.2, 0) is 18.9 Å². The average Bonchev–Trinajstić information content (AvgIpc) is 2.76. The van der Waals surface area contributed by atoms with E-state index in [1.54, 1.807) is 0 Å². The molecule has 0 unspecified atom stereocenters. The lowest BCUT2D eigenvalue weighted by molar-refractivity contribution is -0.165. The average molecular weight is 322 g/mol. The van der Waals surface area contributed by atoms with E-state index in [0.29, 0.717) is 0 Å². The number of hydrogen-bond donors (Lipinski definition) is 0. The Morgan fingerprint density at radius 3 is 2.57 bits per heavy atom. The molecule has 3 rings (SSSR count). The molecule has 0 aliphatic carbocycles. The first kappa shape index (κ1) is 17.2. The first-order valence-corrected chi connectivity index (χ1v) is 9.09. The van der Waals surface area contributed by atoms with Gasteiger partial charge in [0.25, 0.3) is 0 Å². The Morgan fingerprint density at radius 2 is 1.74 bits per heavy atom. The van der Waals surface area contributed by atoms with Gasteiger partial charge in [-0.05, 0) is 44.9 Å². The maximum absolute atomic E-state index is 6.46. The quantitative estimate of drug-likeness (QED) is 0.727.